The predicted molar refractivity (Wildman–Crippen MR) is 138 cm³/mol. The molecule has 172 valence electrons. The number of para-hydroxylation sites is 1. The monoisotopic (exact) mass is 462 g/mol. The summed E-state index contributed by atoms with van der Waals surface area (Å²) in [6.45, 7) is -0.288. The lowest BCUT2D eigenvalue weighted by molar-refractivity contribution is -0.139. The molecule has 2 aliphatic heterocycles. The molecule has 2 aliphatic rings. The molecule has 4 aromatic rings. The third-order valence-corrected chi connectivity index (χ3v) is 5.15. The van der Waals surface area contributed by atoms with Crippen LogP contribution in [-0.4, -0.2) is 37.6 Å². The molecule has 0 aliphatic carbocycles. The van der Waals surface area contributed by atoms with E-state index in [1.807, 2.05) is 54.6 Å². The van der Waals surface area contributed by atoms with E-state index >= 15 is 0 Å². The van der Waals surface area contributed by atoms with Crippen LogP contribution in [0.5, 0.6) is 5.75 Å². The number of H-pyrrole nitrogens is 2. The Balaban J connectivity index is 0.000000195. The van der Waals surface area contributed by atoms with E-state index < -0.39 is 5.97 Å². The number of aliphatic carboxylic acids is 1. The van der Waals surface area contributed by atoms with E-state index in [-0.39, 0.29) is 6.61 Å². The van der Waals surface area contributed by atoms with E-state index in [9.17, 15) is 4.79 Å². The number of carboxylic acid groups (broad SMARTS) is 1. The summed E-state index contributed by atoms with van der Waals surface area (Å²) in [7, 11) is 0. The minimum atomic E-state index is -0.964. The first-order valence-electron chi connectivity index (χ1n) is 11.0. The smallest absolute Gasteiger partial charge is 0.341 e. The van der Waals surface area contributed by atoms with Gasteiger partial charge in [-0.1, -0.05) is 18.2 Å². The molecule has 0 spiro atoms. The fourth-order valence-corrected chi connectivity index (χ4v) is 3.61. The van der Waals surface area contributed by atoms with Crippen molar-refractivity contribution in [2.24, 2.45) is 0 Å². The molecular weight excluding hydrogens is 440 g/mol. The number of carbonyl (C=O) groups is 1. The third kappa shape index (κ3) is 5.91. The molecule has 3 N–H and O–H groups in total. The fraction of sp³-hybridized carbons (Fsp3) is 0.0357. The van der Waals surface area contributed by atoms with Crippen LogP contribution < -0.4 is 4.74 Å². The van der Waals surface area contributed by atoms with Crippen molar-refractivity contribution < 1.29 is 14.6 Å². The van der Waals surface area contributed by atoms with Crippen LogP contribution >= 0.6 is 0 Å². The van der Waals surface area contributed by atoms with Crippen LogP contribution in [0.2, 0.25) is 0 Å². The molecule has 3 aromatic heterocycles. The molecule has 0 fully saturated rings. The van der Waals surface area contributed by atoms with Gasteiger partial charge in [-0.3, -0.25) is 0 Å². The van der Waals surface area contributed by atoms with Gasteiger partial charge in [0.1, 0.15) is 5.75 Å². The molecule has 7 nitrogen and oxygen atoms in total. The van der Waals surface area contributed by atoms with Crippen LogP contribution in [0.3, 0.4) is 0 Å². The number of hydrogen-bond acceptors (Lipinski definition) is 4. The quantitative estimate of drug-likeness (QED) is 0.308. The summed E-state index contributed by atoms with van der Waals surface area (Å²) in [6, 6.07) is 25.2. The zero-order valence-electron chi connectivity index (χ0n) is 18.7. The molecule has 0 amide bonds. The predicted octanol–water partition coefficient (Wildman–Crippen LogP) is 5.81. The molecule has 8 bridgehead atoms. The van der Waals surface area contributed by atoms with Crippen LogP contribution in [0.4, 0.5) is 0 Å². The van der Waals surface area contributed by atoms with Gasteiger partial charge in [-0.2, -0.15) is 0 Å². The highest BCUT2D eigenvalue weighted by Gasteiger charge is 2.01. The Bertz CT molecular complexity index is 1410. The second-order valence-corrected chi connectivity index (χ2v) is 7.90. The number of hydrogen-bond donors (Lipinski definition) is 3. The third-order valence-electron chi connectivity index (χ3n) is 5.15. The maximum absolute atomic E-state index is 10.0. The number of aromatic amines is 2. The van der Waals surface area contributed by atoms with Crippen molar-refractivity contribution in [3.05, 3.63) is 102 Å². The zero-order valence-corrected chi connectivity index (χ0v) is 18.7. The second-order valence-electron chi connectivity index (χ2n) is 7.90. The maximum Gasteiger partial charge on any atom is 0.341 e. The van der Waals surface area contributed by atoms with Gasteiger partial charge in [0, 0.05) is 22.1 Å². The Labute approximate surface area is 201 Å². The highest BCUT2D eigenvalue weighted by Crippen LogP contribution is 2.17. The van der Waals surface area contributed by atoms with Crippen LogP contribution in [-0.2, 0) is 4.79 Å². The zero-order chi connectivity index (χ0) is 24.0. The number of nitrogens with one attached hydrogen (secondary N) is 2. The SMILES string of the molecule is C1=Cc2cc3ccc(cc4nc(cc5ccc(cc1n2)[nH]5)C=C4)[nH]3.O=C(O)COc1ccccc1. The van der Waals surface area contributed by atoms with Gasteiger partial charge in [0.05, 0.1) is 22.8 Å². The Morgan fingerprint density at radius 2 is 1.06 bits per heavy atom. The first-order valence-corrected chi connectivity index (χ1v) is 11.0. The van der Waals surface area contributed by atoms with E-state index in [1.54, 1.807) is 24.3 Å². The Morgan fingerprint density at radius 1 is 0.657 bits per heavy atom. The number of nitrogens with zero attached hydrogens (tertiary/aromatic N) is 2. The number of benzene rings is 1. The van der Waals surface area contributed by atoms with Crippen LogP contribution in [0, 0.1) is 0 Å². The Morgan fingerprint density at radius 3 is 1.43 bits per heavy atom. The van der Waals surface area contributed by atoms with E-state index in [0.29, 0.717) is 5.75 Å². The van der Waals surface area contributed by atoms with E-state index in [2.05, 4.69) is 44.2 Å². The lowest BCUT2D eigenvalue weighted by Gasteiger charge is -2.00. The molecule has 35 heavy (non-hydrogen) atoms. The molecule has 0 radical (unpaired) electrons. The van der Waals surface area contributed by atoms with Gasteiger partial charge in [0.15, 0.2) is 6.61 Å². The van der Waals surface area contributed by atoms with E-state index in [4.69, 9.17) is 9.84 Å². The fourth-order valence-electron chi connectivity index (χ4n) is 3.61. The van der Waals surface area contributed by atoms with Gasteiger partial charge < -0.3 is 19.8 Å². The molecule has 7 heteroatoms. The minimum absolute atomic E-state index is 0.288. The Kier molecular flexibility index (Phi) is 6.21. The highest BCUT2D eigenvalue weighted by atomic mass is 16.5. The summed E-state index contributed by atoms with van der Waals surface area (Å²) in [6.07, 6.45) is 8.09. The summed E-state index contributed by atoms with van der Waals surface area (Å²) >= 11 is 0. The van der Waals surface area contributed by atoms with Crippen molar-refractivity contribution >= 4 is 52.3 Å². The molecule has 0 saturated heterocycles. The molecule has 0 saturated carbocycles. The number of rotatable bonds is 3. The molecule has 1 aromatic carbocycles. The normalized spacial score (nSPS) is 11.5. The van der Waals surface area contributed by atoms with Crippen LogP contribution in [0.25, 0.3) is 46.4 Å². The topological polar surface area (TPSA) is 104 Å². The van der Waals surface area contributed by atoms with Crippen LogP contribution in [0.15, 0.2) is 78.9 Å². The van der Waals surface area contributed by atoms with Gasteiger partial charge in [-0.05, 0) is 85.0 Å². The van der Waals surface area contributed by atoms with Gasteiger partial charge in [0.25, 0.3) is 0 Å². The molecule has 5 heterocycles. The molecule has 0 atom stereocenters. The first kappa shape index (κ1) is 21.9. The van der Waals surface area contributed by atoms with Crippen molar-refractivity contribution in [3.8, 4) is 5.75 Å². The average molecular weight is 463 g/mol. The lowest BCUT2D eigenvalue weighted by Crippen LogP contribution is -2.09. The van der Waals surface area contributed by atoms with Crippen molar-refractivity contribution in [2.45, 2.75) is 0 Å². The summed E-state index contributed by atoms with van der Waals surface area (Å²) in [5.74, 6) is -0.385. The minimum Gasteiger partial charge on any atom is -0.482 e. The lowest BCUT2D eigenvalue weighted by atomic mass is 10.3. The summed E-state index contributed by atoms with van der Waals surface area (Å²) < 4.78 is 4.87. The first-order chi connectivity index (χ1) is 17.1. The Hall–Kier alpha value is -4.91. The highest BCUT2D eigenvalue weighted by molar-refractivity contribution is 5.77. The maximum atomic E-state index is 10.0. The molecule has 6 rings (SSSR count). The second kappa shape index (κ2) is 9.93. The van der Waals surface area contributed by atoms with E-state index in [0.717, 1.165) is 44.8 Å². The summed E-state index contributed by atoms with van der Waals surface area (Å²) in [4.78, 5) is 26.1. The van der Waals surface area contributed by atoms with E-state index in [1.165, 1.54) is 0 Å². The van der Waals surface area contributed by atoms with Crippen LogP contribution in [0.1, 0.15) is 22.8 Å². The number of ether oxygens (including phenoxy) is 1. The number of carboxylic acids is 1. The van der Waals surface area contributed by atoms with Crippen molar-refractivity contribution in [2.75, 3.05) is 6.61 Å². The van der Waals surface area contributed by atoms with Crippen molar-refractivity contribution in [3.63, 3.8) is 0 Å². The number of aromatic nitrogens is 4. The molecule has 0 unspecified atom stereocenters. The largest absolute Gasteiger partial charge is 0.482 e. The van der Waals surface area contributed by atoms with Gasteiger partial charge in [-0.15, -0.1) is 0 Å². The molecular formula is C28H22N4O3. The van der Waals surface area contributed by atoms with Crippen molar-refractivity contribution in [1.29, 1.82) is 0 Å². The summed E-state index contributed by atoms with van der Waals surface area (Å²) in [5, 5.41) is 8.25. The summed E-state index contributed by atoms with van der Waals surface area (Å²) in [5.41, 5.74) is 7.86. The number of fused-ring (bicyclic) bond motifs is 8. The average Bonchev–Trinajstić information content (AvgIpc) is 3.65. The van der Waals surface area contributed by atoms with Gasteiger partial charge in [0.2, 0.25) is 0 Å². The van der Waals surface area contributed by atoms with Crippen molar-refractivity contribution in [1.82, 2.24) is 19.9 Å². The standard InChI is InChI=1S/C20H14N4.C8H8O3/c1-2-14-10-16-5-6-18(23-16)12-20-8-7-19(24-20)11-17-4-3-15(22-17)9-13(1)21-14;9-8(10)6-11-7-4-2-1-3-5-7/h1-12,21,24H;1-5H,6H2,(H,9,10). The van der Waals surface area contributed by atoms with Gasteiger partial charge in [-0.25, -0.2) is 14.8 Å². The van der Waals surface area contributed by atoms with Gasteiger partial charge >= 0.3 is 5.97 Å².